The van der Waals surface area contributed by atoms with Gasteiger partial charge >= 0.3 is 0 Å². The Balaban J connectivity index is 1.69. The van der Waals surface area contributed by atoms with Crippen LogP contribution < -0.4 is 4.74 Å². The summed E-state index contributed by atoms with van der Waals surface area (Å²) in [5.41, 5.74) is 6.30. The largest absolute Gasteiger partial charge is 0.469 e. The van der Waals surface area contributed by atoms with E-state index in [1.807, 2.05) is 11.8 Å². The standard InChI is InChI=1S/C21H24N2OS/c1-14-8-9-16(12-15(14)2)18-13-19-17-6-4-5-7-20(17)24-21(10-11-25-3)23(19)22-18/h4-9,12,19,21H,10-11,13H2,1-3H3/t19-,21+/m1/s1. The molecule has 0 saturated heterocycles. The van der Waals surface area contributed by atoms with Crippen LogP contribution in [-0.2, 0) is 0 Å². The summed E-state index contributed by atoms with van der Waals surface area (Å²) in [5, 5.41) is 7.20. The van der Waals surface area contributed by atoms with Crippen LogP contribution in [0.2, 0.25) is 0 Å². The number of hydrazone groups is 1. The summed E-state index contributed by atoms with van der Waals surface area (Å²) in [4.78, 5) is 0. The van der Waals surface area contributed by atoms with Crippen molar-refractivity contribution < 1.29 is 4.74 Å². The van der Waals surface area contributed by atoms with Crippen LogP contribution in [0, 0.1) is 13.8 Å². The van der Waals surface area contributed by atoms with Crippen molar-refractivity contribution in [3.8, 4) is 5.75 Å². The molecule has 3 nitrogen and oxygen atoms in total. The lowest BCUT2D eigenvalue weighted by molar-refractivity contribution is -0.0180. The summed E-state index contributed by atoms with van der Waals surface area (Å²) < 4.78 is 6.28. The molecule has 2 heterocycles. The van der Waals surface area contributed by atoms with E-state index in [1.165, 1.54) is 28.0 Å². The number of aryl methyl sites for hydroxylation is 2. The van der Waals surface area contributed by atoms with Crippen LogP contribution in [0.4, 0.5) is 0 Å². The highest BCUT2D eigenvalue weighted by Gasteiger charge is 2.39. The zero-order valence-corrected chi connectivity index (χ0v) is 15.8. The average Bonchev–Trinajstić information content (AvgIpc) is 3.08. The highest BCUT2D eigenvalue weighted by atomic mass is 32.2. The number of hydrogen-bond donors (Lipinski definition) is 0. The molecule has 0 saturated carbocycles. The first kappa shape index (κ1) is 16.5. The molecule has 2 aromatic carbocycles. The van der Waals surface area contributed by atoms with E-state index in [0.29, 0.717) is 0 Å². The normalized spacial score (nSPS) is 21.4. The summed E-state index contributed by atoms with van der Waals surface area (Å²) >= 11 is 1.86. The van der Waals surface area contributed by atoms with Crippen LogP contribution in [0.25, 0.3) is 0 Å². The lowest BCUT2D eigenvalue weighted by atomic mass is 9.95. The van der Waals surface area contributed by atoms with Gasteiger partial charge in [-0.05, 0) is 54.7 Å². The summed E-state index contributed by atoms with van der Waals surface area (Å²) in [6.45, 7) is 4.32. The van der Waals surface area contributed by atoms with Gasteiger partial charge in [0.25, 0.3) is 0 Å². The highest BCUT2D eigenvalue weighted by molar-refractivity contribution is 7.98. The summed E-state index contributed by atoms with van der Waals surface area (Å²) in [5.74, 6) is 2.09. The number of para-hydroxylation sites is 1. The number of ether oxygens (including phenoxy) is 1. The van der Waals surface area contributed by atoms with E-state index in [9.17, 15) is 0 Å². The molecule has 130 valence electrons. The molecule has 0 bridgehead atoms. The smallest absolute Gasteiger partial charge is 0.188 e. The fraction of sp³-hybridized carbons (Fsp3) is 0.381. The van der Waals surface area contributed by atoms with Gasteiger partial charge in [-0.3, -0.25) is 5.01 Å². The predicted octanol–water partition coefficient (Wildman–Crippen LogP) is 4.93. The van der Waals surface area contributed by atoms with Crippen molar-refractivity contribution >= 4 is 17.5 Å². The third-order valence-corrected chi connectivity index (χ3v) is 5.83. The molecule has 2 atom stereocenters. The lowest BCUT2D eigenvalue weighted by Crippen LogP contribution is -2.40. The second-order valence-electron chi connectivity index (χ2n) is 6.84. The molecular weight excluding hydrogens is 328 g/mol. The maximum Gasteiger partial charge on any atom is 0.188 e. The third kappa shape index (κ3) is 3.04. The van der Waals surface area contributed by atoms with Crippen molar-refractivity contribution in [1.82, 2.24) is 5.01 Å². The van der Waals surface area contributed by atoms with Crippen LogP contribution in [0.1, 0.15) is 41.1 Å². The van der Waals surface area contributed by atoms with Gasteiger partial charge in [0.05, 0.1) is 11.8 Å². The fourth-order valence-electron chi connectivity index (χ4n) is 3.61. The molecule has 0 radical (unpaired) electrons. The van der Waals surface area contributed by atoms with Gasteiger partial charge in [-0.2, -0.15) is 16.9 Å². The Kier molecular flexibility index (Phi) is 4.46. The molecule has 4 heteroatoms. The predicted molar refractivity (Wildman–Crippen MR) is 106 cm³/mol. The SMILES string of the molecule is CSCC[C@@H]1Oc2ccccc2[C@H]2CC(c3ccc(C)c(C)c3)=NN12. The van der Waals surface area contributed by atoms with Crippen molar-refractivity contribution in [3.63, 3.8) is 0 Å². The zero-order valence-electron chi connectivity index (χ0n) is 15.0. The number of thioether (sulfide) groups is 1. The molecule has 25 heavy (non-hydrogen) atoms. The molecule has 0 fully saturated rings. The first-order valence-corrected chi connectivity index (χ1v) is 10.2. The molecule has 0 aromatic heterocycles. The van der Waals surface area contributed by atoms with Crippen LogP contribution in [-0.4, -0.2) is 29.0 Å². The van der Waals surface area contributed by atoms with Crippen molar-refractivity contribution in [1.29, 1.82) is 0 Å². The molecule has 4 rings (SSSR count). The minimum absolute atomic E-state index is 0.0244. The Bertz CT molecular complexity index is 817. The van der Waals surface area contributed by atoms with Gasteiger partial charge < -0.3 is 4.74 Å². The van der Waals surface area contributed by atoms with E-state index in [0.717, 1.165) is 24.3 Å². The molecular formula is C21H24N2OS. The van der Waals surface area contributed by atoms with Gasteiger partial charge in [0.15, 0.2) is 6.23 Å². The van der Waals surface area contributed by atoms with Gasteiger partial charge in [0, 0.05) is 18.4 Å². The fourth-order valence-corrected chi connectivity index (χ4v) is 4.05. The molecule has 2 aliphatic rings. The molecule has 0 unspecified atom stereocenters. The number of benzene rings is 2. The van der Waals surface area contributed by atoms with Crippen LogP contribution in [0.5, 0.6) is 5.75 Å². The molecule has 0 spiro atoms. The summed E-state index contributed by atoms with van der Waals surface area (Å²) in [6.07, 6.45) is 4.09. The average molecular weight is 353 g/mol. The Morgan fingerprint density at radius 1 is 1.16 bits per heavy atom. The second kappa shape index (κ2) is 6.75. The topological polar surface area (TPSA) is 24.8 Å². The number of fused-ring (bicyclic) bond motifs is 3. The van der Waals surface area contributed by atoms with Gasteiger partial charge in [-0.1, -0.05) is 30.3 Å². The van der Waals surface area contributed by atoms with Gasteiger partial charge in [0.2, 0.25) is 0 Å². The Morgan fingerprint density at radius 2 is 2.00 bits per heavy atom. The van der Waals surface area contributed by atoms with Crippen LogP contribution in [0.15, 0.2) is 47.6 Å². The molecule has 0 amide bonds. The minimum Gasteiger partial charge on any atom is -0.469 e. The lowest BCUT2D eigenvalue weighted by Gasteiger charge is -2.38. The summed E-state index contributed by atoms with van der Waals surface area (Å²) in [7, 11) is 0. The second-order valence-corrected chi connectivity index (χ2v) is 7.82. The maximum atomic E-state index is 6.28. The van der Waals surface area contributed by atoms with Crippen LogP contribution >= 0.6 is 11.8 Å². The van der Waals surface area contributed by atoms with Crippen LogP contribution in [0.3, 0.4) is 0 Å². The number of hydrogen-bond acceptors (Lipinski definition) is 4. The molecule has 2 aromatic rings. The van der Waals surface area contributed by atoms with E-state index in [-0.39, 0.29) is 12.3 Å². The number of nitrogens with zero attached hydrogens (tertiary/aromatic N) is 2. The minimum atomic E-state index is 0.0244. The van der Waals surface area contributed by atoms with Crippen molar-refractivity contribution in [2.45, 2.75) is 39.0 Å². The van der Waals surface area contributed by atoms with Gasteiger partial charge in [-0.15, -0.1) is 0 Å². The quantitative estimate of drug-likeness (QED) is 0.780. The van der Waals surface area contributed by atoms with E-state index in [2.05, 4.69) is 67.6 Å². The number of rotatable bonds is 4. The molecule has 0 aliphatic carbocycles. The van der Waals surface area contributed by atoms with E-state index in [4.69, 9.17) is 9.84 Å². The monoisotopic (exact) mass is 352 g/mol. The Morgan fingerprint density at radius 3 is 2.80 bits per heavy atom. The van der Waals surface area contributed by atoms with E-state index in [1.54, 1.807) is 0 Å². The third-order valence-electron chi connectivity index (χ3n) is 5.19. The van der Waals surface area contributed by atoms with E-state index >= 15 is 0 Å². The summed E-state index contributed by atoms with van der Waals surface area (Å²) in [6, 6.07) is 15.4. The molecule has 2 aliphatic heterocycles. The molecule has 0 N–H and O–H groups in total. The first-order chi connectivity index (χ1) is 12.2. The Hall–Kier alpha value is -1.94. The van der Waals surface area contributed by atoms with Crippen molar-refractivity contribution in [3.05, 3.63) is 64.7 Å². The Labute approximate surface area is 154 Å². The first-order valence-electron chi connectivity index (χ1n) is 8.85. The highest BCUT2D eigenvalue weighted by Crippen LogP contribution is 2.43. The maximum absolute atomic E-state index is 6.28. The van der Waals surface area contributed by atoms with Gasteiger partial charge in [0.1, 0.15) is 5.75 Å². The van der Waals surface area contributed by atoms with Gasteiger partial charge in [-0.25, -0.2) is 0 Å². The van der Waals surface area contributed by atoms with Crippen molar-refractivity contribution in [2.24, 2.45) is 5.10 Å². The van der Waals surface area contributed by atoms with E-state index < -0.39 is 0 Å². The zero-order chi connectivity index (χ0) is 17.4. The van der Waals surface area contributed by atoms with Crippen molar-refractivity contribution in [2.75, 3.05) is 12.0 Å².